The molecule has 1 N–H and O–H groups in total. The Morgan fingerprint density at radius 3 is 2.45 bits per heavy atom. The third kappa shape index (κ3) is 2.66. The first kappa shape index (κ1) is 14.5. The van der Waals surface area contributed by atoms with Crippen molar-refractivity contribution in [2.24, 2.45) is 5.41 Å². The number of hydrogen-bond acceptors (Lipinski definition) is 2. The van der Waals surface area contributed by atoms with Gasteiger partial charge in [-0.05, 0) is 25.0 Å². The first-order valence-corrected chi connectivity index (χ1v) is 6.71. The van der Waals surface area contributed by atoms with E-state index in [0.29, 0.717) is 12.8 Å². The molecule has 0 radical (unpaired) electrons. The Bertz CT molecular complexity index is 524. The Labute approximate surface area is 117 Å². The molecule has 1 amide bonds. The number of rotatable bonds is 4. The van der Waals surface area contributed by atoms with Gasteiger partial charge in [0.15, 0.2) is 0 Å². The molecule has 2 rings (SSSR count). The number of carbonyl (C=O) groups is 2. The Morgan fingerprint density at radius 1 is 1.30 bits per heavy atom. The molecule has 1 aromatic carbocycles. The minimum absolute atomic E-state index is 0.0762. The largest absolute Gasteiger partial charge is 0.481 e. The van der Waals surface area contributed by atoms with Crippen LogP contribution < -0.4 is 4.90 Å². The van der Waals surface area contributed by atoms with Crippen LogP contribution in [0.1, 0.15) is 32.1 Å². The summed E-state index contributed by atoms with van der Waals surface area (Å²) in [5.41, 5.74) is -0.799. The van der Waals surface area contributed by atoms with Gasteiger partial charge in [0.25, 0.3) is 0 Å². The number of carboxylic acid groups (broad SMARTS) is 1. The summed E-state index contributed by atoms with van der Waals surface area (Å²) in [4.78, 5) is 24.9. The number of aliphatic carboxylic acids is 1. The van der Waals surface area contributed by atoms with E-state index in [0.717, 1.165) is 12.8 Å². The maximum Gasteiger partial charge on any atom is 0.310 e. The second-order valence-corrected chi connectivity index (χ2v) is 5.37. The van der Waals surface area contributed by atoms with Crippen molar-refractivity contribution in [3.05, 3.63) is 30.1 Å². The van der Waals surface area contributed by atoms with Gasteiger partial charge in [0.1, 0.15) is 5.82 Å². The Hall–Kier alpha value is -1.91. The molecule has 0 unspecified atom stereocenters. The van der Waals surface area contributed by atoms with Gasteiger partial charge < -0.3 is 10.0 Å². The van der Waals surface area contributed by atoms with Crippen LogP contribution in [0.15, 0.2) is 24.3 Å². The van der Waals surface area contributed by atoms with Gasteiger partial charge in [0.05, 0.1) is 11.1 Å². The van der Waals surface area contributed by atoms with Gasteiger partial charge in [-0.1, -0.05) is 25.0 Å². The number of carboxylic acids is 1. The average molecular weight is 279 g/mol. The second kappa shape index (κ2) is 5.61. The van der Waals surface area contributed by atoms with Gasteiger partial charge in [-0.2, -0.15) is 0 Å². The molecule has 1 fully saturated rings. The van der Waals surface area contributed by atoms with E-state index in [-0.39, 0.29) is 18.0 Å². The van der Waals surface area contributed by atoms with Gasteiger partial charge in [0, 0.05) is 13.5 Å². The van der Waals surface area contributed by atoms with E-state index in [4.69, 9.17) is 0 Å². The minimum Gasteiger partial charge on any atom is -0.481 e. The molecular formula is C15H18FNO3. The molecule has 0 bridgehead atoms. The second-order valence-electron chi connectivity index (χ2n) is 5.37. The van der Waals surface area contributed by atoms with Gasteiger partial charge >= 0.3 is 5.97 Å². The highest BCUT2D eigenvalue weighted by molar-refractivity contribution is 5.96. The molecule has 0 atom stereocenters. The third-order valence-corrected chi connectivity index (χ3v) is 4.09. The van der Waals surface area contributed by atoms with E-state index in [1.807, 2.05) is 0 Å². The standard InChI is InChI=1S/C15H18FNO3/c1-17(12-7-3-2-6-11(12)16)13(18)10-15(14(19)20)8-4-5-9-15/h2-3,6-7H,4-5,8-10H2,1H3,(H,19,20). The molecule has 1 aliphatic rings. The summed E-state index contributed by atoms with van der Waals surface area (Å²) in [6.45, 7) is 0. The summed E-state index contributed by atoms with van der Waals surface area (Å²) in [7, 11) is 1.48. The molecule has 0 aliphatic heterocycles. The minimum atomic E-state index is -0.976. The molecule has 0 heterocycles. The maximum atomic E-state index is 13.7. The van der Waals surface area contributed by atoms with Crippen molar-refractivity contribution >= 4 is 17.6 Å². The highest BCUT2D eigenvalue weighted by Gasteiger charge is 2.43. The first-order chi connectivity index (χ1) is 9.46. The Morgan fingerprint density at radius 2 is 1.90 bits per heavy atom. The summed E-state index contributed by atoms with van der Waals surface area (Å²) in [5.74, 6) is -1.77. The van der Waals surface area contributed by atoms with Gasteiger partial charge in [-0.15, -0.1) is 0 Å². The predicted molar refractivity (Wildman–Crippen MR) is 73.0 cm³/mol. The zero-order chi connectivity index (χ0) is 14.8. The van der Waals surface area contributed by atoms with E-state index in [9.17, 15) is 19.1 Å². The van der Waals surface area contributed by atoms with Crippen LogP contribution in [0.3, 0.4) is 0 Å². The molecule has 1 saturated carbocycles. The summed E-state index contributed by atoms with van der Waals surface area (Å²) in [6.07, 6.45) is 2.59. The van der Waals surface area contributed by atoms with Crippen molar-refractivity contribution in [1.29, 1.82) is 0 Å². The van der Waals surface area contributed by atoms with Crippen molar-refractivity contribution in [2.75, 3.05) is 11.9 Å². The van der Waals surface area contributed by atoms with Crippen molar-refractivity contribution in [2.45, 2.75) is 32.1 Å². The van der Waals surface area contributed by atoms with Crippen LogP contribution in [0.4, 0.5) is 10.1 Å². The molecular weight excluding hydrogens is 261 g/mol. The topological polar surface area (TPSA) is 57.6 Å². The maximum absolute atomic E-state index is 13.7. The van der Waals surface area contributed by atoms with Crippen LogP contribution in [0.5, 0.6) is 0 Å². The lowest BCUT2D eigenvalue weighted by Gasteiger charge is -2.26. The molecule has 108 valence electrons. The lowest BCUT2D eigenvalue weighted by atomic mass is 9.82. The molecule has 0 aromatic heterocycles. The zero-order valence-electron chi connectivity index (χ0n) is 11.4. The Balaban J connectivity index is 2.15. The quantitative estimate of drug-likeness (QED) is 0.922. The molecule has 0 saturated heterocycles. The Kier molecular flexibility index (Phi) is 4.06. The van der Waals surface area contributed by atoms with Crippen LogP contribution in [-0.4, -0.2) is 24.0 Å². The van der Waals surface area contributed by atoms with Gasteiger partial charge in [0.2, 0.25) is 5.91 Å². The van der Waals surface area contributed by atoms with E-state index < -0.39 is 17.2 Å². The number of amides is 1. The number of halogens is 1. The van der Waals surface area contributed by atoms with Crippen LogP contribution in [0.2, 0.25) is 0 Å². The molecule has 20 heavy (non-hydrogen) atoms. The van der Waals surface area contributed by atoms with E-state index >= 15 is 0 Å². The number of benzene rings is 1. The van der Waals surface area contributed by atoms with Crippen molar-refractivity contribution in [3.8, 4) is 0 Å². The zero-order valence-corrected chi connectivity index (χ0v) is 11.4. The van der Waals surface area contributed by atoms with E-state index in [1.165, 1.54) is 24.1 Å². The number of nitrogens with zero attached hydrogens (tertiary/aromatic N) is 1. The van der Waals surface area contributed by atoms with Crippen LogP contribution in [0.25, 0.3) is 0 Å². The van der Waals surface area contributed by atoms with Crippen LogP contribution in [0, 0.1) is 11.2 Å². The van der Waals surface area contributed by atoms with Crippen LogP contribution >= 0.6 is 0 Å². The lowest BCUT2D eigenvalue weighted by molar-refractivity contribution is -0.151. The van der Waals surface area contributed by atoms with Gasteiger partial charge in [-0.3, -0.25) is 9.59 Å². The van der Waals surface area contributed by atoms with Crippen molar-refractivity contribution in [1.82, 2.24) is 0 Å². The highest BCUT2D eigenvalue weighted by Crippen LogP contribution is 2.42. The SMILES string of the molecule is CN(C(=O)CC1(C(=O)O)CCCC1)c1ccccc1F. The van der Waals surface area contributed by atoms with Crippen LogP contribution in [-0.2, 0) is 9.59 Å². The highest BCUT2D eigenvalue weighted by atomic mass is 19.1. The van der Waals surface area contributed by atoms with Gasteiger partial charge in [-0.25, -0.2) is 4.39 Å². The number of hydrogen-bond donors (Lipinski definition) is 1. The molecule has 1 aliphatic carbocycles. The van der Waals surface area contributed by atoms with E-state index in [1.54, 1.807) is 12.1 Å². The summed E-state index contributed by atoms with van der Waals surface area (Å²) in [5, 5.41) is 9.37. The van der Waals surface area contributed by atoms with E-state index in [2.05, 4.69) is 0 Å². The number of para-hydroxylation sites is 1. The fraction of sp³-hybridized carbons (Fsp3) is 0.467. The fourth-order valence-corrected chi connectivity index (χ4v) is 2.78. The van der Waals surface area contributed by atoms with Crippen molar-refractivity contribution in [3.63, 3.8) is 0 Å². The molecule has 5 heteroatoms. The molecule has 4 nitrogen and oxygen atoms in total. The summed E-state index contributed by atoms with van der Waals surface area (Å²) >= 11 is 0. The first-order valence-electron chi connectivity index (χ1n) is 6.71. The molecule has 1 aromatic rings. The predicted octanol–water partition coefficient (Wildman–Crippen LogP) is 2.82. The number of carbonyl (C=O) groups excluding carboxylic acids is 1. The normalized spacial score (nSPS) is 16.9. The number of anilines is 1. The summed E-state index contributed by atoms with van der Waals surface area (Å²) < 4.78 is 13.7. The third-order valence-electron chi connectivity index (χ3n) is 4.09. The smallest absolute Gasteiger partial charge is 0.310 e. The fourth-order valence-electron chi connectivity index (χ4n) is 2.78. The monoisotopic (exact) mass is 279 g/mol. The average Bonchev–Trinajstić information content (AvgIpc) is 2.88. The van der Waals surface area contributed by atoms with Crippen molar-refractivity contribution < 1.29 is 19.1 Å². The molecule has 0 spiro atoms. The summed E-state index contributed by atoms with van der Waals surface area (Å²) in [6, 6.07) is 5.98. The lowest BCUT2D eigenvalue weighted by Crippen LogP contribution is -2.37.